The Labute approximate surface area is 87.1 Å². The molecule has 0 aliphatic rings. The number of nitrogens with two attached hydrogens (primary N) is 1. The molecule has 0 saturated heterocycles. The van der Waals surface area contributed by atoms with Crippen molar-refractivity contribution in [3.05, 3.63) is 12.2 Å². The van der Waals surface area contributed by atoms with Crippen molar-refractivity contribution in [3.63, 3.8) is 0 Å². The summed E-state index contributed by atoms with van der Waals surface area (Å²) in [4.78, 5) is 32.3. The van der Waals surface area contributed by atoms with E-state index in [0.29, 0.717) is 0 Å². The summed E-state index contributed by atoms with van der Waals surface area (Å²) in [6.45, 7) is 4.81. The number of carboxylic acid groups (broad SMARTS) is 1. The van der Waals surface area contributed by atoms with Crippen LogP contribution in [0.2, 0.25) is 0 Å². The van der Waals surface area contributed by atoms with Crippen molar-refractivity contribution in [2.45, 2.75) is 25.8 Å². The maximum Gasteiger partial charge on any atom is 0.320 e. The number of carbonyl (C=O) groups excluding carboxylic acids is 2. The van der Waals surface area contributed by atoms with Crippen LogP contribution < -0.4 is 11.1 Å². The smallest absolute Gasteiger partial charge is 0.320 e. The molecular formula is C9H14N2O4. The van der Waals surface area contributed by atoms with Gasteiger partial charge in [0.05, 0.1) is 0 Å². The van der Waals surface area contributed by atoms with Crippen molar-refractivity contribution in [2.75, 3.05) is 0 Å². The van der Waals surface area contributed by atoms with Crippen LogP contribution in [0.15, 0.2) is 12.2 Å². The van der Waals surface area contributed by atoms with E-state index in [4.69, 9.17) is 10.8 Å². The van der Waals surface area contributed by atoms with Gasteiger partial charge in [-0.3, -0.25) is 19.7 Å². The number of nitrogens with one attached hydrogen (secondary N) is 1. The number of hydrogen-bond donors (Lipinski definition) is 3. The largest absolute Gasteiger partial charge is 0.480 e. The normalized spacial score (nSPS) is 11.6. The zero-order valence-corrected chi connectivity index (χ0v) is 8.45. The zero-order chi connectivity index (χ0) is 12.0. The molecule has 1 unspecified atom stereocenters. The van der Waals surface area contributed by atoms with E-state index in [2.05, 4.69) is 6.58 Å². The fraction of sp³-hybridized carbons (Fsp3) is 0.444. The van der Waals surface area contributed by atoms with Crippen LogP contribution in [0.25, 0.3) is 0 Å². The minimum Gasteiger partial charge on any atom is -0.480 e. The van der Waals surface area contributed by atoms with E-state index in [1.54, 1.807) is 0 Å². The maximum atomic E-state index is 11.1. The number of carbonyl (C=O) groups is 3. The summed E-state index contributed by atoms with van der Waals surface area (Å²) in [7, 11) is 0. The van der Waals surface area contributed by atoms with E-state index in [9.17, 15) is 14.4 Å². The Kier molecular flexibility index (Phi) is 5.25. The highest BCUT2D eigenvalue weighted by Gasteiger charge is 2.14. The van der Waals surface area contributed by atoms with Gasteiger partial charge in [0.25, 0.3) is 5.91 Å². The first-order chi connectivity index (χ1) is 6.84. The lowest BCUT2D eigenvalue weighted by Gasteiger charge is -2.06. The average Bonchev–Trinajstić information content (AvgIpc) is 2.13. The average molecular weight is 214 g/mol. The minimum absolute atomic E-state index is 0.00929. The van der Waals surface area contributed by atoms with Crippen molar-refractivity contribution >= 4 is 17.8 Å². The van der Waals surface area contributed by atoms with E-state index in [-0.39, 0.29) is 18.4 Å². The van der Waals surface area contributed by atoms with Crippen molar-refractivity contribution in [1.82, 2.24) is 5.32 Å². The molecule has 0 bridgehead atoms. The second-order valence-corrected chi connectivity index (χ2v) is 3.14. The number of hydrogen-bond acceptors (Lipinski definition) is 4. The molecule has 84 valence electrons. The van der Waals surface area contributed by atoms with Gasteiger partial charge in [0.1, 0.15) is 6.04 Å². The molecule has 0 rings (SSSR count). The Bertz CT molecular complexity index is 298. The Morgan fingerprint density at radius 2 is 2.00 bits per heavy atom. The predicted molar refractivity (Wildman–Crippen MR) is 52.8 cm³/mol. The molecule has 2 amide bonds. The van der Waals surface area contributed by atoms with Gasteiger partial charge in [-0.25, -0.2) is 0 Å². The Morgan fingerprint density at radius 1 is 1.47 bits per heavy atom. The number of rotatable bonds is 5. The van der Waals surface area contributed by atoms with Crippen molar-refractivity contribution < 1.29 is 19.5 Å². The molecule has 0 fully saturated rings. The summed E-state index contributed by atoms with van der Waals surface area (Å²) in [6, 6.07) is -1.09. The van der Waals surface area contributed by atoms with Crippen LogP contribution >= 0.6 is 0 Å². The van der Waals surface area contributed by atoms with Crippen molar-refractivity contribution in [3.8, 4) is 0 Å². The van der Waals surface area contributed by atoms with Crippen LogP contribution in [-0.4, -0.2) is 28.9 Å². The molecule has 4 N–H and O–H groups in total. The lowest BCUT2D eigenvalue weighted by atomic mass is 10.1. The van der Waals surface area contributed by atoms with Gasteiger partial charge in [-0.15, -0.1) is 0 Å². The summed E-state index contributed by atoms with van der Waals surface area (Å²) in [6.07, 6.45) is -0.114. The summed E-state index contributed by atoms with van der Waals surface area (Å²) in [5.74, 6) is -2.29. The number of aliphatic carboxylic acids is 1. The standard InChI is InChI=1S/C9H14N2O4/c1-5(2)8(13)11-7(12)4-3-6(10)9(14)15/h6H,1,3-4,10H2,2H3,(H,14,15)(H,11,12,13). The second-order valence-electron chi connectivity index (χ2n) is 3.14. The molecule has 6 heteroatoms. The molecule has 0 aromatic heterocycles. The van der Waals surface area contributed by atoms with Gasteiger partial charge in [-0.1, -0.05) is 6.58 Å². The number of amides is 2. The Balaban J connectivity index is 3.91. The molecule has 15 heavy (non-hydrogen) atoms. The highest BCUT2D eigenvalue weighted by atomic mass is 16.4. The van der Waals surface area contributed by atoms with E-state index < -0.39 is 23.8 Å². The highest BCUT2D eigenvalue weighted by Crippen LogP contribution is 1.95. The van der Waals surface area contributed by atoms with Crippen LogP contribution in [0.4, 0.5) is 0 Å². The predicted octanol–water partition coefficient (Wildman–Crippen LogP) is -0.603. The summed E-state index contributed by atoms with van der Waals surface area (Å²) in [5, 5.41) is 10.5. The van der Waals surface area contributed by atoms with Crippen LogP contribution in [0.5, 0.6) is 0 Å². The molecule has 0 heterocycles. The van der Waals surface area contributed by atoms with Crippen LogP contribution in [0, 0.1) is 0 Å². The molecular weight excluding hydrogens is 200 g/mol. The zero-order valence-electron chi connectivity index (χ0n) is 8.45. The second kappa shape index (κ2) is 5.92. The molecule has 0 spiro atoms. The maximum absolute atomic E-state index is 11.1. The molecule has 6 nitrogen and oxygen atoms in total. The third-order valence-corrected chi connectivity index (χ3v) is 1.64. The molecule has 1 atom stereocenters. The van der Waals surface area contributed by atoms with E-state index in [0.717, 1.165) is 0 Å². The van der Waals surface area contributed by atoms with Crippen LogP contribution in [0.1, 0.15) is 19.8 Å². The van der Waals surface area contributed by atoms with Crippen LogP contribution in [-0.2, 0) is 14.4 Å². The van der Waals surface area contributed by atoms with Crippen LogP contribution in [0.3, 0.4) is 0 Å². The number of carboxylic acids is 1. The highest BCUT2D eigenvalue weighted by molar-refractivity contribution is 6.03. The van der Waals surface area contributed by atoms with Gasteiger partial charge in [0.2, 0.25) is 5.91 Å². The first-order valence-corrected chi connectivity index (χ1v) is 4.32. The Hall–Kier alpha value is -1.69. The lowest BCUT2D eigenvalue weighted by Crippen LogP contribution is -2.34. The first-order valence-electron chi connectivity index (χ1n) is 4.32. The third kappa shape index (κ3) is 5.58. The summed E-state index contributed by atoms with van der Waals surface area (Å²) < 4.78 is 0. The van der Waals surface area contributed by atoms with Gasteiger partial charge in [0.15, 0.2) is 0 Å². The monoisotopic (exact) mass is 214 g/mol. The molecule has 0 saturated carbocycles. The topological polar surface area (TPSA) is 109 Å². The molecule has 0 aromatic carbocycles. The molecule has 0 radical (unpaired) electrons. The van der Waals surface area contributed by atoms with Crippen molar-refractivity contribution in [2.24, 2.45) is 5.73 Å². The van der Waals surface area contributed by atoms with Gasteiger partial charge in [-0.2, -0.15) is 0 Å². The first kappa shape index (κ1) is 13.3. The van der Waals surface area contributed by atoms with E-state index >= 15 is 0 Å². The lowest BCUT2D eigenvalue weighted by molar-refractivity contribution is -0.138. The number of imide groups is 1. The van der Waals surface area contributed by atoms with Gasteiger partial charge in [0, 0.05) is 12.0 Å². The molecule has 0 aliphatic carbocycles. The van der Waals surface area contributed by atoms with Gasteiger partial charge >= 0.3 is 5.97 Å². The fourth-order valence-electron chi connectivity index (χ4n) is 0.706. The summed E-state index contributed by atoms with van der Waals surface area (Å²) in [5.41, 5.74) is 5.39. The van der Waals surface area contributed by atoms with Gasteiger partial charge < -0.3 is 10.8 Å². The SMILES string of the molecule is C=C(C)C(=O)NC(=O)CCC(N)C(=O)O. The molecule has 0 aromatic rings. The molecule has 0 aliphatic heterocycles. The van der Waals surface area contributed by atoms with Gasteiger partial charge in [-0.05, 0) is 13.3 Å². The van der Waals surface area contributed by atoms with E-state index in [1.807, 2.05) is 5.32 Å². The minimum atomic E-state index is -1.17. The third-order valence-electron chi connectivity index (χ3n) is 1.64. The van der Waals surface area contributed by atoms with Crippen molar-refractivity contribution in [1.29, 1.82) is 0 Å². The fourth-order valence-corrected chi connectivity index (χ4v) is 0.706. The summed E-state index contributed by atoms with van der Waals surface area (Å²) >= 11 is 0. The quantitative estimate of drug-likeness (QED) is 0.529. The Morgan fingerprint density at radius 3 is 2.40 bits per heavy atom. The van der Waals surface area contributed by atoms with E-state index in [1.165, 1.54) is 6.92 Å².